The Bertz CT molecular complexity index is 707. The molecule has 24 heavy (non-hydrogen) atoms. The van der Waals surface area contributed by atoms with Crippen LogP contribution in [0.5, 0.6) is 0 Å². The van der Waals surface area contributed by atoms with Crippen molar-refractivity contribution in [2.45, 2.75) is 52.9 Å². The zero-order valence-electron chi connectivity index (χ0n) is 15.2. The van der Waals surface area contributed by atoms with E-state index in [1.807, 2.05) is 0 Å². The van der Waals surface area contributed by atoms with E-state index in [9.17, 15) is 0 Å². The lowest BCUT2D eigenvalue weighted by molar-refractivity contribution is 0.590. The Morgan fingerprint density at radius 3 is 1.12 bits per heavy atom. The van der Waals surface area contributed by atoms with Crippen LogP contribution in [-0.4, -0.2) is 12.1 Å². The first kappa shape index (κ1) is 16.9. The molecule has 0 heterocycles. The Kier molecular flexibility index (Phi) is 5.17. The number of hydrogen-bond donors (Lipinski definition) is 2. The molecular formula is C22H28N2. The van der Waals surface area contributed by atoms with Gasteiger partial charge in [-0.25, -0.2) is 0 Å². The first-order chi connectivity index (χ1) is 11.6. The maximum Gasteiger partial charge on any atom is 0.0220 e. The molecule has 0 unspecified atom stereocenters. The number of nitrogens with one attached hydrogen (secondary N) is 2. The fourth-order valence-corrected chi connectivity index (χ4v) is 3.30. The summed E-state index contributed by atoms with van der Waals surface area (Å²) in [5.74, 6) is 0. The van der Waals surface area contributed by atoms with Gasteiger partial charge in [-0.05, 0) is 32.7 Å². The summed E-state index contributed by atoms with van der Waals surface area (Å²) < 4.78 is 0. The molecule has 0 saturated heterocycles. The van der Waals surface area contributed by atoms with E-state index in [2.05, 4.69) is 86.9 Å². The second-order valence-electron chi connectivity index (χ2n) is 7.12. The molecule has 0 bridgehead atoms. The average molecular weight is 320 g/mol. The van der Waals surface area contributed by atoms with Crippen molar-refractivity contribution in [2.24, 2.45) is 0 Å². The van der Waals surface area contributed by atoms with Crippen LogP contribution in [0.1, 0.15) is 38.8 Å². The zero-order chi connectivity index (χ0) is 17.1. The minimum atomic E-state index is 0.477. The van der Waals surface area contributed by atoms with Crippen LogP contribution < -0.4 is 10.6 Å². The smallest absolute Gasteiger partial charge is 0.0220 e. The Balaban J connectivity index is 2.24. The third-order valence-corrected chi connectivity index (χ3v) is 4.53. The highest BCUT2D eigenvalue weighted by Crippen LogP contribution is 2.33. The van der Waals surface area contributed by atoms with Crippen LogP contribution >= 0.6 is 0 Å². The third-order valence-electron chi connectivity index (χ3n) is 4.53. The van der Waals surface area contributed by atoms with E-state index < -0.39 is 0 Å². The lowest BCUT2D eigenvalue weighted by Gasteiger charge is -2.19. The van der Waals surface area contributed by atoms with Gasteiger partial charge in [-0.1, -0.05) is 76.2 Å². The van der Waals surface area contributed by atoms with Gasteiger partial charge in [0.25, 0.3) is 0 Å². The summed E-state index contributed by atoms with van der Waals surface area (Å²) in [4.78, 5) is 0. The summed E-state index contributed by atoms with van der Waals surface area (Å²) in [5, 5.41) is 12.7. The largest absolute Gasteiger partial charge is 0.310 e. The fraction of sp³-hybridized carbons (Fsp3) is 0.364. The maximum absolute atomic E-state index is 3.60. The van der Waals surface area contributed by atoms with Crippen LogP contribution in [0, 0.1) is 0 Å². The number of hydrogen-bond acceptors (Lipinski definition) is 2. The number of benzene rings is 3. The van der Waals surface area contributed by atoms with E-state index in [4.69, 9.17) is 0 Å². The van der Waals surface area contributed by atoms with Gasteiger partial charge in [0.05, 0.1) is 0 Å². The Morgan fingerprint density at radius 2 is 0.875 bits per heavy atom. The molecule has 0 aromatic heterocycles. The van der Waals surface area contributed by atoms with Crippen molar-refractivity contribution in [3.8, 4) is 0 Å². The van der Waals surface area contributed by atoms with E-state index in [1.165, 1.54) is 32.7 Å². The second-order valence-corrected chi connectivity index (χ2v) is 7.12. The Hall–Kier alpha value is -1.90. The molecule has 0 amide bonds. The molecule has 0 saturated carbocycles. The van der Waals surface area contributed by atoms with E-state index >= 15 is 0 Å². The average Bonchev–Trinajstić information content (AvgIpc) is 2.57. The SMILES string of the molecule is CC(C)NCc1c2ccccc2c(CNC(C)C)c2ccccc12. The molecule has 0 spiro atoms. The van der Waals surface area contributed by atoms with Crippen molar-refractivity contribution in [3.05, 3.63) is 59.7 Å². The Labute approximate surface area is 145 Å². The van der Waals surface area contributed by atoms with Gasteiger partial charge in [-0.3, -0.25) is 0 Å². The summed E-state index contributed by atoms with van der Waals surface area (Å²) in [6.45, 7) is 10.6. The first-order valence-corrected chi connectivity index (χ1v) is 8.96. The van der Waals surface area contributed by atoms with E-state index in [-0.39, 0.29) is 0 Å². The quantitative estimate of drug-likeness (QED) is 0.625. The van der Waals surface area contributed by atoms with Gasteiger partial charge in [0.2, 0.25) is 0 Å². The van der Waals surface area contributed by atoms with Crippen molar-refractivity contribution in [3.63, 3.8) is 0 Å². The van der Waals surface area contributed by atoms with Crippen molar-refractivity contribution >= 4 is 21.5 Å². The van der Waals surface area contributed by atoms with Crippen molar-refractivity contribution in [1.29, 1.82) is 0 Å². The first-order valence-electron chi connectivity index (χ1n) is 8.96. The highest BCUT2D eigenvalue weighted by molar-refractivity contribution is 6.05. The van der Waals surface area contributed by atoms with Gasteiger partial charge in [0.15, 0.2) is 0 Å². The predicted octanol–water partition coefficient (Wildman–Crippen LogP) is 4.99. The molecule has 0 radical (unpaired) electrons. The summed E-state index contributed by atoms with van der Waals surface area (Å²) in [6.07, 6.45) is 0. The Morgan fingerprint density at radius 1 is 0.583 bits per heavy atom. The minimum absolute atomic E-state index is 0.477. The lowest BCUT2D eigenvalue weighted by atomic mass is 9.91. The summed E-state index contributed by atoms with van der Waals surface area (Å²) >= 11 is 0. The molecule has 3 rings (SSSR count). The molecular weight excluding hydrogens is 292 g/mol. The normalized spacial score (nSPS) is 11.9. The van der Waals surface area contributed by atoms with Crippen LogP contribution in [0.3, 0.4) is 0 Å². The lowest BCUT2D eigenvalue weighted by Crippen LogP contribution is -2.23. The van der Waals surface area contributed by atoms with Crippen molar-refractivity contribution < 1.29 is 0 Å². The van der Waals surface area contributed by atoms with E-state index in [0.29, 0.717) is 12.1 Å². The van der Waals surface area contributed by atoms with Crippen molar-refractivity contribution in [1.82, 2.24) is 10.6 Å². The topological polar surface area (TPSA) is 24.1 Å². The molecule has 126 valence electrons. The summed E-state index contributed by atoms with van der Waals surface area (Å²) in [7, 11) is 0. The molecule has 3 aromatic rings. The highest BCUT2D eigenvalue weighted by atomic mass is 14.9. The van der Waals surface area contributed by atoms with Crippen LogP contribution in [-0.2, 0) is 13.1 Å². The monoisotopic (exact) mass is 320 g/mol. The van der Waals surface area contributed by atoms with Gasteiger partial charge < -0.3 is 10.6 Å². The molecule has 2 N–H and O–H groups in total. The number of fused-ring (bicyclic) bond motifs is 2. The molecule has 2 nitrogen and oxygen atoms in total. The molecule has 0 aliphatic rings. The predicted molar refractivity (Wildman–Crippen MR) is 105 cm³/mol. The number of rotatable bonds is 6. The molecule has 0 fully saturated rings. The minimum Gasteiger partial charge on any atom is -0.310 e. The standard InChI is InChI=1S/C22H28N2/c1-15(2)23-13-21-17-9-5-7-11-19(17)22(14-24-16(3)4)20-12-8-6-10-18(20)21/h5-12,15-16,23-24H,13-14H2,1-4H3. The maximum atomic E-state index is 3.60. The molecule has 0 atom stereocenters. The highest BCUT2D eigenvalue weighted by Gasteiger charge is 2.13. The third kappa shape index (κ3) is 3.45. The molecule has 2 heteroatoms. The van der Waals surface area contributed by atoms with Gasteiger partial charge in [-0.2, -0.15) is 0 Å². The van der Waals surface area contributed by atoms with Crippen LogP contribution in [0.15, 0.2) is 48.5 Å². The fourth-order valence-electron chi connectivity index (χ4n) is 3.30. The van der Waals surface area contributed by atoms with Gasteiger partial charge in [0, 0.05) is 25.2 Å². The van der Waals surface area contributed by atoms with Gasteiger partial charge in [0.1, 0.15) is 0 Å². The van der Waals surface area contributed by atoms with Crippen LogP contribution in [0.4, 0.5) is 0 Å². The summed E-state index contributed by atoms with van der Waals surface area (Å²) in [5.41, 5.74) is 2.81. The molecule has 0 aliphatic heterocycles. The van der Waals surface area contributed by atoms with E-state index in [1.54, 1.807) is 0 Å². The zero-order valence-corrected chi connectivity index (χ0v) is 15.2. The van der Waals surface area contributed by atoms with Crippen LogP contribution in [0.25, 0.3) is 21.5 Å². The van der Waals surface area contributed by atoms with E-state index in [0.717, 1.165) is 13.1 Å². The van der Waals surface area contributed by atoms with Gasteiger partial charge in [-0.15, -0.1) is 0 Å². The van der Waals surface area contributed by atoms with Crippen LogP contribution in [0.2, 0.25) is 0 Å². The molecule has 0 aliphatic carbocycles. The van der Waals surface area contributed by atoms with Crippen molar-refractivity contribution in [2.75, 3.05) is 0 Å². The second kappa shape index (κ2) is 7.33. The summed E-state index contributed by atoms with van der Waals surface area (Å²) in [6, 6.07) is 18.6. The molecule has 3 aromatic carbocycles. The van der Waals surface area contributed by atoms with Gasteiger partial charge >= 0.3 is 0 Å².